The van der Waals surface area contributed by atoms with E-state index in [0.717, 1.165) is 90.4 Å². The van der Waals surface area contributed by atoms with Gasteiger partial charge >= 0.3 is 0 Å². The normalized spacial score (nSPS) is 16.0. The Morgan fingerprint density at radius 3 is 2.63 bits per heavy atom. The number of aromatic nitrogens is 2. The summed E-state index contributed by atoms with van der Waals surface area (Å²) in [5, 5.41) is 12.7. The smallest absolute Gasteiger partial charge is 0.259 e. The molecule has 0 aliphatic carbocycles. The maximum absolute atomic E-state index is 12.6. The van der Waals surface area contributed by atoms with Crippen LogP contribution in [0.1, 0.15) is 77.6 Å². The van der Waals surface area contributed by atoms with E-state index in [0.29, 0.717) is 24.7 Å². The summed E-state index contributed by atoms with van der Waals surface area (Å²) in [5.74, 6) is 0.973. The van der Waals surface area contributed by atoms with Gasteiger partial charge in [-0.15, -0.1) is 0 Å². The summed E-state index contributed by atoms with van der Waals surface area (Å²) in [7, 11) is 0. The van der Waals surface area contributed by atoms with Crippen LogP contribution in [0.2, 0.25) is 0 Å². The summed E-state index contributed by atoms with van der Waals surface area (Å²) >= 11 is 0. The Morgan fingerprint density at radius 1 is 1.00 bits per heavy atom. The molecular weight excluding hydrogens is 538 g/mol. The zero-order valence-corrected chi connectivity index (χ0v) is 24.8. The van der Waals surface area contributed by atoms with E-state index in [9.17, 15) is 9.59 Å². The van der Waals surface area contributed by atoms with Crippen LogP contribution in [0.5, 0.6) is 0 Å². The summed E-state index contributed by atoms with van der Waals surface area (Å²) in [5.41, 5.74) is 7.43. The molecule has 3 heterocycles. The van der Waals surface area contributed by atoms with E-state index in [1.165, 1.54) is 12.8 Å². The standard InChI is InChI=1S/C34H41N7O2/c1-23-8-7-19-41(23)22-31-38-27-16-15-26(20-30(27)39-31)37-21-24-11-13-25(14-12-24)33(42)36-18-5-3-2-4-17-35-28-9-6-10-29-32(28)34(43)40-29/h6,9-16,20,23,35,37H,2-5,7-8,17-19,21-22H2,1H3,(H,36,42)(H,38,39)(H,40,43). The molecule has 1 unspecified atom stereocenters. The van der Waals surface area contributed by atoms with Crippen LogP contribution < -0.4 is 21.3 Å². The highest BCUT2D eigenvalue weighted by atomic mass is 16.2. The fourth-order valence-corrected chi connectivity index (χ4v) is 5.95. The van der Waals surface area contributed by atoms with Gasteiger partial charge in [0.25, 0.3) is 11.8 Å². The summed E-state index contributed by atoms with van der Waals surface area (Å²) in [6.07, 6.45) is 6.60. The van der Waals surface area contributed by atoms with Gasteiger partial charge in [-0.05, 0) is 87.2 Å². The fraction of sp³-hybridized carbons (Fsp3) is 0.382. The van der Waals surface area contributed by atoms with E-state index in [4.69, 9.17) is 4.98 Å². The predicted octanol–water partition coefficient (Wildman–Crippen LogP) is 6.13. The Balaban J connectivity index is 0.875. The molecule has 2 amide bonds. The SMILES string of the molecule is CC1CCCN1Cc1nc2ccc(NCc3ccc(C(=O)NCCCCCCNc4cccc5c4C(=O)N5)cc3)cc2[nH]1. The van der Waals surface area contributed by atoms with Crippen molar-refractivity contribution in [2.45, 2.75) is 64.6 Å². The second kappa shape index (κ2) is 13.3. The predicted molar refractivity (Wildman–Crippen MR) is 173 cm³/mol. The van der Waals surface area contributed by atoms with Crippen molar-refractivity contribution in [3.05, 3.63) is 83.2 Å². The van der Waals surface area contributed by atoms with E-state index in [-0.39, 0.29) is 11.8 Å². The molecule has 1 atom stereocenters. The number of unbranched alkanes of at least 4 members (excludes halogenated alkanes) is 3. The molecule has 0 bridgehead atoms. The minimum absolute atomic E-state index is 0.0140. The zero-order valence-electron chi connectivity index (χ0n) is 24.8. The number of likely N-dealkylation sites (tertiary alicyclic amines) is 1. The molecule has 3 aromatic carbocycles. The lowest BCUT2D eigenvalue weighted by Gasteiger charge is -2.22. The first-order valence-corrected chi connectivity index (χ1v) is 15.6. The molecular formula is C34H41N7O2. The average molecular weight is 580 g/mol. The first-order chi connectivity index (χ1) is 21.0. The van der Waals surface area contributed by atoms with Crippen LogP contribution in [0.25, 0.3) is 11.0 Å². The quantitative estimate of drug-likeness (QED) is 0.115. The molecule has 9 heteroatoms. The van der Waals surface area contributed by atoms with Crippen LogP contribution in [-0.4, -0.2) is 52.4 Å². The Hall–Kier alpha value is -4.37. The molecule has 5 N–H and O–H groups in total. The number of hydrogen-bond donors (Lipinski definition) is 5. The second-order valence-electron chi connectivity index (χ2n) is 11.7. The number of imidazole rings is 1. The van der Waals surface area contributed by atoms with Gasteiger partial charge < -0.3 is 26.3 Å². The van der Waals surface area contributed by atoms with Crippen LogP contribution >= 0.6 is 0 Å². The molecule has 9 nitrogen and oxygen atoms in total. The summed E-state index contributed by atoms with van der Waals surface area (Å²) in [6, 6.07) is 20.5. The average Bonchev–Trinajstić information content (AvgIpc) is 3.61. The lowest BCUT2D eigenvalue weighted by atomic mass is 10.0. The number of nitrogens with zero attached hydrogens (tertiary/aromatic N) is 2. The Bertz CT molecular complexity index is 1580. The third kappa shape index (κ3) is 7.00. The van der Waals surface area contributed by atoms with Crippen molar-refractivity contribution in [2.75, 3.05) is 35.6 Å². The monoisotopic (exact) mass is 579 g/mol. The van der Waals surface area contributed by atoms with Crippen LogP contribution in [0.15, 0.2) is 60.7 Å². The largest absolute Gasteiger partial charge is 0.384 e. The first-order valence-electron chi connectivity index (χ1n) is 15.6. The lowest BCUT2D eigenvalue weighted by molar-refractivity contribution is 0.0951. The number of carbonyl (C=O) groups is 2. The highest BCUT2D eigenvalue weighted by Crippen LogP contribution is 2.32. The van der Waals surface area contributed by atoms with E-state index >= 15 is 0 Å². The third-order valence-corrected chi connectivity index (χ3v) is 8.53. The molecule has 2 aliphatic rings. The molecule has 0 spiro atoms. The molecule has 0 saturated carbocycles. The molecule has 224 valence electrons. The molecule has 2 aliphatic heterocycles. The van der Waals surface area contributed by atoms with Crippen molar-refractivity contribution in [1.29, 1.82) is 0 Å². The van der Waals surface area contributed by atoms with Crippen molar-refractivity contribution in [3.63, 3.8) is 0 Å². The van der Waals surface area contributed by atoms with Gasteiger partial charge in [-0.3, -0.25) is 14.5 Å². The number of H-pyrrole nitrogens is 1. The second-order valence-corrected chi connectivity index (χ2v) is 11.7. The maximum atomic E-state index is 12.6. The van der Waals surface area contributed by atoms with Gasteiger partial charge in [0, 0.05) is 42.6 Å². The lowest BCUT2D eigenvalue weighted by Crippen LogP contribution is -2.26. The molecule has 6 rings (SSSR count). The van der Waals surface area contributed by atoms with Gasteiger partial charge in [-0.1, -0.05) is 31.0 Å². The number of rotatable bonds is 14. The third-order valence-electron chi connectivity index (χ3n) is 8.53. The van der Waals surface area contributed by atoms with E-state index in [2.05, 4.69) is 56.3 Å². The number of carbonyl (C=O) groups excluding carboxylic acids is 2. The highest BCUT2D eigenvalue weighted by Gasteiger charge is 2.25. The zero-order chi connectivity index (χ0) is 29.6. The maximum Gasteiger partial charge on any atom is 0.259 e. The van der Waals surface area contributed by atoms with Crippen LogP contribution in [0.4, 0.5) is 17.1 Å². The fourth-order valence-electron chi connectivity index (χ4n) is 5.95. The summed E-state index contributed by atoms with van der Waals surface area (Å²) < 4.78 is 0. The molecule has 4 aromatic rings. The number of fused-ring (bicyclic) bond motifs is 2. The summed E-state index contributed by atoms with van der Waals surface area (Å²) in [4.78, 5) is 35.1. The van der Waals surface area contributed by atoms with Crippen LogP contribution in [-0.2, 0) is 13.1 Å². The molecule has 1 saturated heterocycles. The Labute approximate surface area is 252 Å². The number of aromatic amines is 1. The number of nitrogens with one attached hydrogen (secondary N) is 5. The van der Waals surface area contributed by atoms with E-state index in [1.54, 1.807) is 0 Å². The van der Waals surface area contributed by atoms with Crippen molar-refractivity contribution in [1.82, 2.24) is 20.2 Å². The van der Waals surface area contributed by atoms with Gasteiger partial charge in [0.05, 0.1) is 28.8 Å². The van der Waals surface area contributed by atoms with Gasteiger partial charge in [0.1, 0.15) is 5.82 Å². The van der Waals surface area contributed by atoms with Crippen molar-refractivity contribution in [3.8, 4) is 0 Å². The van der Waals surface area contributed by atoms with Crippen molar-refractivity contribution < 1.29 is 9.59 Å². The highest BCUT2D eigenvalue weighted by molar-refractivity contribution is 6.21. The first kappa shape index (κ1) is 28.7. The van der Waals surface area contributed by atoms with Crippen molar-refractivity contribution in [2.24, 2.45) is 0 Å². The molecule has 0 radical (unpaired) electrons. The van der Waals surface area contributed by atoms with Gasteiger partial charge in [0.2, 0.25) is 0 Å². The van der Waals surface area contributed by atoms with E-state index in [1.807, 2.05) is 42.5 Å². The molecule has 1 fully saturated rings. The van der Waals surface area contributed by atoms with Gasteiger partial charge in [-0.2, -0.15) is 0 Å². The van der Waals surface area contributed by atoms with E-state index < -0.39 is 0 Å². The number of anilines is 3. The molecule has 1 aromatic heterocycles. The van der Waals surface area contributed by atoms with Gasteiger partial charge in [-0.25, -0.2) is 4.98 Å². The Morgan fingerprint density at radius 2 is 1.84 bits per heavy atom. The minimum Gasteiger partial charge on any atom is -0.384 e. The summed E-state index contributed by atoms with van der Waals surface area (Å²) in [6.45, 7) is 6.47. The Kier molecular flexibility index (Phi) is 8.88. The minimum atomic E-state index is -0.0369. The van der Waals surface area contributed by atoms with Crippen LogP contribution in [0.3, 0.4) is 0 Å². The van der Waals surface area contributed by atoms with Gasteiger partial charge in [0.15, 0.2) is 0 Å². The van der Waals surface area contributed by atoms with Crippen molar-refractivity contribution >= 4 is 39.9 Å². The molecule has 43 heavy (non-hydrogen) atoms. The van der Waals surface area contributed by atoms with Crippen LogP contribution in [0, 0.1) is 0 Å². The number of hydrogen-bond acceptors (Lipinski definition) is 6. The number of benzene rings is 3. The number of amides is 2. The topological polar surface area (TPSA) is 114 Å².